The molecule has 2 nitrogen and oxygen atoms in total. The predicted octanol–water partition coefficient (Wildman–Crippen LogP) is 4.28. The number of hydrogen-bond donors (Lipinski definition) is 0. The third-order valence-corrected chi connectivity index (χ3v) is 0.870. The van der Waals surface area contributed by atoms with Gasteiger partial charge in [-0.25, -0.2) is 9.78 Å². The lowest BCUT2D eigenvalue weighted by Gasteiger charge is -2.24. The summed E-state index contributed by atoms with van der Waals surface area (Å²) in [4.78, 5) is 10.2. The van der Waals surface area contributed by atoms with Crippen molar-refractivity contribution in [1.82, 2.24) is 0 Å². The lowest BCUT2D eigenvalue weighted by Crippen LogP contribution is -2.27. The van der Waals surface area contributed by atoms with Crippen LogP contribution in [0.4, 0.5) is 0 Å². The Bertz CT molecular complexity index is 166. The van der Waals surface area contributed by atoms with Crippen molar-refractivity contribution in [2.75, 3.05) is 0 Å². The molecule has 0 saturated heterocycles. The Morgan fingerprint density at radius 1 is 0.867 bits per heavy atom. The van der Waals surface area contributed by atoms with Crippen molar-refractivity contribution in [3.05, 3.63) is 24.8 Å². The van der Waals surface area contributed by atoms with Crippen LogP contribution in [0.15, 0.2) is 24.8 Å². The van der Waals surface area contributed by atoms with Crippen molar-refractivity contribution < 1.29 is 9.78 Å². The molecule has 0 aromatic heterocycles. The van der Waals surface area contributed by atoms with Crippen LogP contribution in [-0.2, 0) is 9.78 Å². The van der Waals surface area contributed by atoms with Crippen LogP contribution in [0.5, 0.6) is 0 Å². The van der Waals surface area contributed by atoms with Crippen molar-refractivity contribution in [2.24, 2.45) is 0 Å². The maximum Gasteiger partial charge on any atom is 0.0952 e. The van der Waals surface area contributed by atoms with Gasteiger partial charge in [0.05, 0.1) is 11.2 Å². The average molecular weight is 214 g/mol. The molecule has 0 aromatic rings. The lowest BCUT2D eigenvalue weighted by molar-refractivity contribution is -0.393. The van der Waals surface area contributed by atoms with E-state index in [0.717, 1.165) is 0 Å². The summed E-state index contributed by atoms with van der Waals surface area (Å²) in [5.41, 5.74) is -0.430. The van der Waals surface area contributed by atoms with Crippen LogP contribution in [0, 0.1) is 0 Å². The maximum absolute atomic E-state index is 5.09. The molecule has 0 rings (SSSR count). The summed E-state index contributed by atoms with van der Waals surface area (Å²) in [6.45, 7) is 17.2. The van der Waals surface area contributed by atoms with Crippen molar-refractivity contribution in [1.29, 1.82) is 0 Å². The highest BCUT2D eigenvalue weighted by molar-refractivity contribution is 4.94. The van der Waals surface area contributed by atoms with Gasteiger partial charge in [-0.3, -0.25) is 0 Å². The smallest absolute Gasteiger partial charge is 0.0952 e. The molecule has 0 saturated carbocycles. The second kappa shape index (κ2) is 7.66. The Kier molecular flexibility index (Phi) is 8.59. The highest BCUT2D eigenvalue weighted by Crippen LogP contribution is 2.14. The van der Waals surface area contributed by atoms with E-state index in [1.165, 1.54) is 0 Å². The van der Waals surface area contributed by atoms with Gasteiger partial charge in [-0.2, -0.15) is 0 Å². The van der Waals surface area contributed by atoms with Gasteiger partial charge >= 0.3 is 0 Å². The van der Waals surface area contributed by atoms with Crippen molar-refractivity contribution >= 4 is 0 Å². The molecule has 90 valence electrons. The van der Waals surface area contributed by atoms with Crippen LogP contribution in [0.3, 0.4) is 0 Å². The minimum absolute atomic E-state index is 0.215. The molecule has 15 heavy (non-hydrogen) atoms. The minimum atomic E-state index is -0.215. The summed E-state index contributed by atoms with van der Waals surface area (Å²) in [6.07, 6.45) is 5.58. The Morgan fingerprint density at radius 2 is 1.20 bits per heavy atom. The Balaban J connectivity index is 0. The quantitative estimate of drug-likeness (QED) is 0.388. The molecule has 0 spiro atoms. The van der Waals surface area contributed by atoms with E-state index in [1.54, 1.807) is 6.08 Å². The van der Waals surface area contributed by atoms with Crippen LogP contribution in [0.1, 0.15) is 48.5 Å². The molecule has 0 unspecified atom stereocenters. The first-order chi connectivity index (χ1) is 6.62. The summed E-state index contributed by atoms with van der Waals surface area (Å²) in [7, 11) is 0. The van der Waals surface area contributed by atoms with E-state index in [2.05, 4.69) is 6.58 Å². The van der Waals surface area contributed by atoms with Crippen LogP contribution in [0.25, 0.3) is 0 Å². The van der Waals surface area contributed by atoms with Crippen molar-refractivity contribution in [2.45, 2.75) is 59.7 Å². The zero-order valence-corrected chi connectivity index (χ0v) is 11.3. The summed E-state index contributed by atoms with van der Waals surface area (Å²) in [5.74, 6) is 0. The van der Waals surface area contributed by atoms with Gasteiger partial charge in [-0.05, 0) is 48.5 Å². The fourth-order valence-corrected chi connectivity index (χ4v) is 0.386. The first kappa shape index (κ1) is 16.8. The van der Waals surface area contributed by atoms with Crippen molar-refractivity contribution in [3.63, 3.8) is 0 Å². The first-order valence-electron chi connectivity index (χ1n) is 5.23. The normalized spacial score (nSPS) is 12.2. The van der Waals surface area contributed by atoms with Crippen LogP contribution in [-0.4, -0.2) is 11.2 Å². The Labute approximate surface area is 94.9 Å². The van der Waals surface area contributed by atoms with E-state index in [9.17, 15) is 0 Å². The molecule has 0 heterocycles. The lowest BCUT2D eigenvalue weighted by atomic mass is 10.2. The zero-order valence-electron chi connectivity index (χ0n) is 11.3. The average Bonchev–Trinajstić information content (AvgIpc) is 2.01. The SMILES string of the molecule is C=C/C=C/C.CC(C)(C)OOC(C)(C)C. The fourth-order valence-electron chi connectivity index (χ4n) is 0.386. The maximum atomic E-state index is 5.09. The van der Waals surface area contributed by atoms with E-state index in [0.29, 0.717) is 0 Å². The van der Waals surface area contributed by atoms with Gasteiger partial charge < -0.3 is 0 Å². The van der Waals surface area contributed by atoms with E-state index in [4.69, 9.17) is 9.78 Å². The van der Waals surface area contributed by atoms with Crippen molar-refractivity contribution in [3.8, 4) is 0 Å². The third kappa shape index (κ3) is 24.7. The topological polar surface area (TPSA) is 18.5 Å². The van der Waals surface area contributed by atoms with Gasteiger partial charge in [0.1, 0.15) is 0 Å². The molecule has 0 bridgehead atoms. The molecule has 0 atom stereocenters. The summed E-state index contributed by atoms with van der Waals surface area (Å²) < 4.78 is 0. The van der Waals surface area contributed by atoms with Gasteiger partial charge in [0, 0.05) is 0 Å². The van der Waals surface area contributed by atoms with Gasteiger partial charge in [0.2, 0.25) is 0 Å². The Hall–Kier alpha value is -0.600. The second-order valence-electron chi connectivity index (χ2n) is 5.15. The summed E-state index contributed by atoms with van der Waals surface area (Å²) in [6, 6.07) is 0. The van der Waals surface area contributed by atoms with Gasteiger partial charge in [0.15, 0.2) is 0 Å². The highest BCUT2D eigenvalue weighted by atomic mass is 17.2. The number of allylic oxidation sites excluding steroid dienone is 3. The molecule has 0 radical (unpaired) electrons. The molecule has 0 aliphatic rings. The third-order valence-electron chi connectivity index (χ3n) is 0.870. The van der Waals surface area contributed by atoms with E-state index in [1.807, 2.05) is 60.6 Å². The number of rotatable bonds is 2. The minimum Gasteiger partial charge on any atom is -0.230 e. The predicted molar refractivity (Wildman–Crippen MR) is 66.7 cm³/mol. The molecular formula is C13H26O2. The molecule has 0 amide bonds. The van der Waals surface area contributed by atoms with Crippen LogP contribution in [0.2, 0.25) is 0 Å². The van der Waals surface area contributed by atoms with E-state index >= 15 is 0 Å². The summed E-state index contributed by atoms with van der Waals surface area (Å²) >= 11 is 0. The molecular weight excluding hydrogens is 188 g/mol. The van der Waals surface area contributed by atoms with E-state index in [-0.39, 0.29) is 11.2 Å². The zero-order chi connectivity index (χ0) is 12.5. The van der Waals surface area contributed by atoms with Crippen LogP contribution < -0.4 is 0 Å². The van der Waals surface area contributed by atoms with Gasteiger partial charge in [0.25, 0.3) is 0 Å². The largest absolute Gasteiger partial charge is 0.230 e. The standard InChI is InChI=1S/C8H18O2.C5H8/c1-7(2,3)9-10-8(4,5)6;1-3-5-4-2/h1-6H3;3-5H,1H2,2H3/b;5-4+. The van der Waals surface area contributed by atoms with Gasteiger partial charge in [-0.15, -0.1) is 0 Å². The molecule has 2 heteroatoms. The Morgan fingerprint density at radius 3 is 1.27 bits per heavy atom. The molecule has 0 fully saturated rings. The summed E-state index contributed by atoms with van der Waals surface area (Å²) in [5, 5.41) is 0. The molecule has 0 aromatic carbocycles. The van der Waals surface area contributed by atoms with Crippen LogP contribution >= 0.6 is 0 Å². The monoisotopic (exact) mass is 214 g/mol. The molecule has 0 aliphatic carbocycles. The second-order valence-corrected chi connectivity index (χ2v) is 5.15. The van der Waals surface area contributed by atoms with Gasteiger partial charge in [-0.1, -0.05) is 24.8 Å². The molecule has 0 aliphatic heterocycles. The number of hydrogen-bond acceptors (Lipinski definition) is 2. The molecule has 0 N–H and O–H groups in total. The highest BCUT2D eigenvalue weighted by Gasteiger charge is 2.18. The van der Waals surface area contributed by atoms with E-state index < -0.39 is 0 Å². The first-order valence-corrected chi connectivity index (χ1v) is 5.23. The fraction of sp³-hybridized carbons (Fsp3) is 0.692.